The van der Waals surface area contributed by atoms with Crippen molar-refractivity contribution in [3.05, 3.63) is 137 Å². The van der Waals surface area contributed by atoms with E-state index in [-0.39, 0.29) is 36.9 Å². The van der Waals surface area contributed by atoms with Gasteiger partial charge in [0.15, 0.2) is 0 Å². The number of phenols is 1. The van der Waals surface area contributed by atoms with Gasteiger partial charge in [0.05, 0.1) is 17.6 Å². The molecule has 1 aliphatic rings. The van der Waals surface area contributed by atoms with Crippen molar-refractivity contribution in [3.63, 3.8) is 0 Å². The molecule has 0 radical (unpaired) electrons. The number of hydrogen-bond donors (Lipinski definition) is 4. The zero-order valence-corrected chi connectivity index (χ0v) is 23.0. The second-order valence-electron chi connectivity index (χ2n) is 10.7. The molecule has 0 aliphatic carbocycles. The summed E-state index contributed by atoms with van der Waals surface area (Å²) in [4.78, 5) is 29.4. The highest BCUT2D eigenvalue weighted by Gasteiger charge is 2.46. The largest absolute Gasteiger partial charge is 0.508 e. The maximum absolute atomic E-state index is 14.6. The van der Waals surface area contributed by atoms with Gasteiger partial charge in [0.25, 0.3) is 0 Å². The van der Waals surface area contributed by atoms with E-state index in [1.807, 2.05) is 60.7 Å². The number of urea groups is 1. The molecular formula is C34H34N2O6. The number of carboxylic acid groups (broad SMARTS) is 1. The predicted molar refractivity (Wildman–Crippen MR) is 158 cm³/mol. The second-order valence-corrected chi connectivity index (χ2v) is 10.7. The number of carbonyl (C=O) groups is 2. The van der Waals surface area contributed by atoms with Crippen LogP contribution in [0.1, 0.15) is 32.6 Å². The van der Waals surface area contributed by atoms with Crippen LogP contribution in [-0.2, 0) is 25.9 Å². The maximum atomic E-state index is 14.6. The molecule has 1 saturated heterocycles. The molecule has 0 bridgehead atoms. The van der Waals surface area contributed by atoms with E-state index >= 15 is 0 Å². The fraction of sp³-hybridized carbons (Fsp3) is 0.235. The van der Waals surface area contributed by atoms with Gasteiger partial charge in [0.2, 0.25) is 0 Å². The van der Waals surface area contributed by atoms with Gasteiger partial charge in [-0.3, -0.25) is 0 Å². The number of amides is 2. The molecule has 1 fully saturated rings. The first-order chi connectivity index (χ1) is 20.3. The SMILES string of the molecule is O=C(O)c1cccc(CN2C(=O)N(Cc3ccc(O)cc3)[C@H](Cc3ccccc3)[C@H](O)[C@@H](O)[C@H]2Cc2ccccc2)c1. The number of nitrogens with zero attached hydrogens (tertiary/aromatic N) is 2. The van der Waals surface area contributed by atoms with Crippen molar-refractivity contribution < 1.29 is 30.0 Å². The van der Waals surface area contributed by atoms with E-state index < -0.39 is 30.3 Å². The Bertz CT molecular complexity index is 1500. The summed E-state index contributed by atoms with van der Waals surface area (Å²) >= 11 is 0. The lowest BCUT2D eigenvalue weighted by Gasteiger charge is -2.36. The summed E-state index contributed by atoms with van der Waals surface area (Å²) in [5.41, 5.74) is 3.22. The van der Waals surface area contributed by atoms with E-state index in [9.17, 15) is 30.0 Å². The molecule has 0 aromatic heterocycles. The third-order valence-corrected chi connectivity index (χ3v) is 7.82. The lowest BCUT2D eigenvalue weighted by atomic mass is 9.91. The normalized spacial score (nSPS) is 20.8. The van der Waals surface area contributed by atoms with Crippen LogP contribution in [0.25, 0.3) is 0 Å². The molecule has 2 amide bonds. The fourth-order valence-corrected chi connectivity index (χ4v) is 5.61. The number of aliphatic hydroxyl groups is 2. The zero-order chi connectivity index (χ0) is 29.6. The van der Waals surface area contributed by atoms with Gasteiger partial charge >= 0.3 is 12.0 Å². The Hall–Kier alpha value is -4.66. The van der Waals surface area contributed by atoms with E-state index in [0.717, 1.165) is 16.7 Å². The van der Waals surface area contributed by atoms with Gasteiger partial charge in [-0.15, -0.1) is 0 Å². The number of carboxylic acids is 1. The van der Waals surface area contributed by atoms with Crippen LogP contribution in [-0.4, -0.2) is 66.5 Å². The first-order valence-electron chi connectivity index (χ1n) is 13.9. The average molecular weight is 567 g/mol. The minimum absolute atomic E-state index is 0.0331. The van der Waals surface area contributed by atoms with Crippen LogP contribution in [0.15, 0.2) is 109 Å². The Morgan fingerprint density at radius 1 is 0.619 bits per heavy atom. The summed E-state index contributed by atoms with van der Waals surface area (Å²) in [6.07, 6.45) is -1.98. The van der Waals surface area contributed by atoms with E-state index in [2.05, 4.69) is 0 Å². The number of aliphatic hydroxyl groups excluding tert-OH is 2. The number of rotatable bonds is 9. The number of hydrogen-bond acceptors (Lipinski definition) is 5. The van der Waals surface area contributed by atoms with Crippen LogP contribution in [0.4, 0.5) is 4.79 Å². The first-order valence-corrected chi connectivity index (χ1v) is 13.9. The summed E-state index contributed by atoms with van der Waals surface area (Å²) < 4.78 is 0. The Balaban J connectivity index is 1.59. The monoisotopic (exact) mass is 566 g/mol. The fourth-order valence-electron chi connectivity index (χ4n) is 5.61. The molecule has 4 N–H and O–H groups in total. The maximum Gasteiger partial charge on any atom is 0.335 e. The summed E-state index contributed by atoms with van der Waals surface area (Å²) in [5.74, 6) is -0.979. The highest BCUT2D eigenvalue weighted by molar-refractivity contribution is 5.87. The summed E-state index contributed by atoms with van der Waals surface area (Å²) in [6, 6.07) is 29.9. The second kappa shape index (κ2) is 12.9. The topological polar surface area (TPSA) is 122 Å². The van der Waals surface area contributed by atoms with Crippen molar-refractivity contribution in [2.24, 2.45) is 0 Å². The Morgan fingerprint density at radius 2 is 1.10 bits per heavy atom. The van der Waals surface area contributed by atoms with Crippen LogP contribution in [0.2, 0.25) is 0 Å². The van der Waals surface area contributed by atoms with Gasteiger partial charge in [0.1, 0.15) is 18.0 Å². The molecule has 8 nitrogen and oxygen atoms in total. The molecule has 1 heterocycles. The van der Waals surface area contributed by atoms with Gasteiger partial charge in [-0.05, 0) is 59.4 Å². The van der Waals surface area contributed by atoms with Crippen molar-refractivity contribution in [3.8, 4) is 5.75 Å². The molecule has 42 heavy (non-hydrogen) atoms. The van der Waals surface area contributed by atoms with Crippen molar-refractivity contribution in [1.82, 2.24) is 9.80 Å². The van der Waals surface area contributed by atoms with Crippen LogP contribution in [0.5, 0.6) is 5.75 Å². The van der Waals surface area contributed by atoms with Crippen LogP contribution in [0, 0.1) is 0 Å². The third-order valence-electron chi connectivity index (χ3n) is 7.82. The van der Waals surface area contributed by atoms with E-state index in [1.54, 1.807) is 46.2 Å². The Kier molecular flexibility index (Phi) is 8.85. The zero-order valence-electron chi connectivity index (χ0n) is 23.0. The van der Waals surface area contributed by atoms with Gasteiger partial charge < -0.3 is 30.2 Å². The average Bonchev–Trinajstić information content (AvgIpc) is 3.06. The minimum Gasteiger partial charge on any atom is -0.508 e. The van der Waals surface area contributed by atoms with Gasteiger partial charge in [0, 0.05) is 13.1 Å². The van der Waals surface area contributed by atoms with Crippen molar-refractivity contribution in [2.45, 2.75) is 50.2 Å². The third kappa shape index (κ3) is 6.62. The van der Waals surface area contributed by atoms with E-state index in [4.69, 9.17) is 0 Å². The number of aromatic hydroxyl groups is 1. The molecule has 4 aromatic carbocycles. The number of carbonyl (C=O) groups excluding carboxylic acids is 1. The molecule has 4 atom stereocenters. The Labute approximate surface area is 244 Å². The smallest absolute Gasteiger partial charge is 0.335 e. The van der Waals surface area contributed by atoms with E-state index in [0.29, 0.717) is 12.0 Å². The molecule has 0 spiro atoms. The van der Waals surface area contributed by atoms with Gasteiger partial charge in [-0.2, -0.15) is 0 Å². The number of benzene rings is 4. The molecule has 216 valence electrons. The van der Waals surface area contributed by atoms with Crippen molar-refractivity contribution in [1.29, 1.82) is 0 Å². The standard InChI is InChI=1S/C34H34N2O6/c37-28-16-14-25(15-17-28)21-35-29(19-23-8-3-1-4-9-23)31(38)32(39)30(20-24-10-5-2-6-11-24)36(34(35)42)22-26-12-7-13-27(18-26)33(40)41/h1-18,29-32,37-39H,19-22H2,(H,40,41)/t29-,30-,31+,32+/m1/s1. The summed E-state index contributed by atoms with van der Waals surface area (Å²) in [5, 5.41) is 42.9. The molecule has 8 heteroatoms. The molecule has 4 aromatic rings. The first kappa shape index (κ1) is 28.9. The lowest BCUT2D eigenvalue weighted by Crippen LogP contribution is -2.50. The molecular weight excluding hydrogens is 532 g/mol. The Morgan fingerprint density at radius 3 is 1.60 bits per heavy atom. The van der Waals surface area contributed by atoms with Gasteiger partial charge in [-0.25, -0.2) is 9.59 Å². The van der Waals surface area contributed by atoms with Crippen LogP contribution in [0.3, 0.4) is 0 Å². The van der Waals surface area contributed by atoms with E-state index in [1.165, 1.54) is 12.1 Å². The van der Waals surface area contributed by atoms with Crippen LogP contribution >= 0.6 is 0 Å². The van der Waals surface area contributed by atoms with Crippen LogP contribution < -0.4 is 0 Å². The molecule has 0 saturated carbocycles. The van der Waals surface area contributed by atoms with Gasteiger partial charge in [-0.1, -0.05) is 84.9 Å². The molecule has 5 rings (SSSR count). The molecule has 0 unspecified atom stereocenters. The van der Waals surface area contributed by atoms with Crippen molar-refractivity contribution >= 4 is 12.0 Å². The lowest BCUT2D eigenvalue weighted by molar-refractivity contribution is -0.0408. The number of phenolic OH excluding ortho intramolecular Hbond substituents is 1. The predicted octanol–water partition coefficient (Wildman–Crippen LogP) is 4.47. The molecule has 1 aliphatic heterocycles. The quantitative estimate of drug-likeness (QED) is 0.237. The highest BCUT2D eigenvalue weighted by Crippen LogP contribution is 2.30. The minimum atomic E-state index is -1.30. The number of aromatic carboxylic acids is 1. The summed E-state index contributed by atoms with van der Waals surface area (Å²) in [6.45, 7) is 0.162. The van der Waals surface area contributed by atoms with Crippen molar-refractivity contribution in [2.75, 3.05) is 0 Å². The highest BCUT2D eigenvalue weighted by atomic mass is 16.4. The summed E-state index contributed by atoms with van der Waals surface area (Å²) in [7, 11) is 0.